The highest BCUT2D eigenvalue weighted by atomic mass is 31.2. The highest BCUT2D eigenvalue weighted by Gasteiger charge is 2.23. The molecule has 0 fully saturated rings. The fourth-order valence-electron chi connectivity index (χ4n) is 7.41. The smallest absolute Gasteiger partial charge is 0.268 e. The summed E-state index contributed by atoms with van der Waals surface area (Å²) in [7, 11) is 1.25. The highest BCUT2D eigenvalue weighted by Crippen LogP contribution is 2.38. The molecule has 9 heteroatoms. The monoisotopic (exact) mass is 855 g/mol. The van der Waals surface area contributed by atoms with Gasteiger partial charge in [-0.2, -0.15) is 0 Å². The van der Waals surface area contributed by atoms with E-state index in [0.29, 0.717) is 17.4 Å². The number of quaternary nitrogens is 1. The number of hydrogen-bond donors (Lipinski definition) is 2. The summed E-state index contributed by atoms with van der Waals surface area (Å²) in [5, 5.41) is 13.8. The summed E-state index contributed by atoms with van der Waals surface area (Å²) >= 11 is 0. The van der Waals surface area contributed by atoms with Gasteiger partial charge in [0, 0.05) is 6.42 Å². The van der Waals surface area contributed by atoms with Crippen molar-refractivity contribution < 1.29 is 32.9 Å². The summed E-state index contributed by atoms with van der Waals surface area (Å²) in [5.41, 5.74) is 0. The summed E-state index contributed by atoms with van der Waals surface area (Å²) in [4.78, 5) is 25.4. The molecule has 0 radical (unpaired) electrons. The van der Waals surface area contributed by atoms with Gasteiger partial charge in [-0.25, -0.2) is 0 Å². The number of amides is 1. The van der Waals surface area contributed by atoms with Gasteiger partial charge in [0.25, 0.3) is 7.82 Å². The van der Waals surface area contributed by atoms with Crippen LogP contribution in [-0.4, -0.2) is 68.5 Å². The third kappa shape index (κ3) is 44.8. The van der Waals surface area contributed by atoms with Crippen molar-refractivity contribution >= 4 is 13.7 Å². The number of aliphatic hydroxyl groups is 1. The minimum absolute atomic E-state index is 0.00400. The van der Waals surface area contributed by atoms with Crippen LogP contribution in [0.15, 0.2) is 24.3 Å². The lowest BCUT2D eigenvalue weighted by Crippen LogP contribution is -2.45. The van der Waals surface area contributed by atoms with Crippen molar-refractivity contribution in [3.05, 3.63) is 24.3 Å². The van der Waals surface area contributed by atoms with Crippen molar-refractivity contribution in [2.75, 3.05) is 40.9 Å². The number of phosphoric ester groups is 1. The van der Waals surface area contributed by atoms with Crippen LogP contribution in [0.4, 0.5) is 0 Å². The molecule has 0 aliphatic heterocycles. The second-order valence-electron chi connectivity index (χ2n) is 18.5. The molecule has 1 amide bonds. The zero-order valence-corrected chi connectivity index (χ0v) is 40.6. The Hall–Kier alpha value is -1.02. The number of unbranched alkanes of at least 4 members (excludes halogenated alkanes) is 31. The Morgan fingerprint density at radius 2 is 0.949 bits per heavy atom. The van der Waals surface area contributed by atoms with Crippen LogP contribution in [0, 0.1) is 0 Å². The van der Waals surface area contributed by atoms with Crippen LogP contribution in [0.25, 0.3) is 0 Å². The van der Waals surface area contributed by atoms with Crippen LogP contribution in [0.5, 0.6) is 0 Å². The third-order valence-corrected chi connectivity index (χ3v) is 12.4. The molecule has 0 heterocycles. The topological polar surface area (TPSA) is 108 Å². The van der Waals surface area contributed by atoms with Gasteiger partial charge < -0.3 is 28.8 Å². The molecule has 0 rings (SSSR count). The fourth-order valence-corrected chi connectivity index (χ4v) is 8.13. The maximum Gasteiger partial charge on any atom is 0.268 e. The van der Waals surface area contributed by atoms with E-state index >= 15 is 0 Å². The Morgan fingerprint density at radius 3 is 1.37 bits per heavy atom. The Bertz CT molecular complexity index is 1020. The SMILES string of the molecule is CCCCCCCCCCCCCCCCC/C=C/CC/C=C/C(O)C(COP(=O)([O-])OCC[N+](C)(C)C)NC(=O)CCCCCCCCCCCCCCCCCC. The molecular formula is C50H99N2O6P. The zero-order chi connectivity index (χ0) is 43.6. The molecular weight excluding hydrogens is 756 g/mol. The quantitative estimate of drug-likeness (QED) is 0.0273. The molecule has 350 valence electrons. The van der Waals surface area contributed by atoms with E-state index in [1.54, 1.807) is 6.08 Å². The summed E-state index contributed by atoms with van der Waals surface area (Å²) in [6.07, 6.45) is 50.9. The molecule has 3 unspecified atom stereocenters. The molecule has 0 saturated carbocycles. The average molecular weight is 855 g/mol. The van der Waals surface area contributed by atoms with E-state index in [2.05, 4.69) is 31.3 Å². The van der Waals surface area contributed by atoms with Crippen LogP contribution < -0.4 is 10.2 Å². The molecule has 59 heavy (non-hydrogen) atoms. The molecule has 0 aliphatic carbocycles. The van der Waals surface area contributed by atoms with Crippen molar-refractivity contribution in [2.24, 2.45) is 0 Å². The highest BCUT2D eigenvalue weighted by molar-refractivity contribution is 7.45. The Kier molecular flexibility index (Phi) is 41.6. The second kappa shape index (κ2) is 42.3. The van der Waals surface area contributed by atoms with Crippen molar-refractivity contribution in [2.45, 2.75) is 251 Å². The molecule has 0 aromatic rings. The first kappa shape index (κ1) is 58.0. The lowest BCUT2D eigenvalue weighted by atomic mass is 10.0. The summed E-state index contributed by atoms with van der Waals surface area (Å²) in [6, 6.07) is -0.898. The van der Waals surface area contributed by atoms with Crippen molar-refractivity contribution in [1.29, 1.82) is 0 Å². The zero-order valence-electron chi connectivity index (χ0n) is 39.7. The van der Waals surface area contributed by atoms with E-state index in [9.17, 15) is 19.4 Å². The minimum atomic E-state index is -4.60. The molecule has 3 atom stereocenters. The molecule has 0 spiro atoms. The predicted octanol–water partition coefficient (Wildman–Crippen LogP) is 13.8. The Labute approximate surface area is 366 Å². The van der Waals surface area contributed by atoms with Gasteiger partial charge in [-0.05, 0) is 32.1 Å². The lowest BCUT2D eigenvalue weighted by molar-refractivity contribution is -0.870. The van der Waals surface area contributed by atoms with Gasteiger partial charge in [-0.1, -0.05) is 224 Å². The van der Waals surface area contributed by atoms with E-state index < -0.39 is 20.0 Å². The van der Waals surface area contributed by atoms with E-state index in [0.717, 1.165) is 38.5 Å². The largest absolute Gasteiger partial charge is 0.756 e. The van der Waals surface area contributed by atoms with Gasteiger partial charge in [-0.15, -0.1) is 0 Å². The first-order chi connectivity index (χ1) is 28.5. The van der Waals surface area contributed by atoms with Crippen LogP contribution in [0.1, 0.15) is 239 Å². The first-order valence-electron chi connectivity index (χ1n) is 25.2. The molecule has 2 N–H and O–H groups in total. The van der Waals surface area contributed by atoms with E-state index in [-0.39, 0.29) is 19.1 Å². The number of nitrogens with one attached hydrogen (secondary N) is 1. The third-order valence-electron chi connectivity index (χ3n) is 11.4. The Morgan fingerprint density at radius 1 is 0.576 bits per heavy atom. The molecule has 0 bridgehead atoms. The van der Waals surface area contributed by atoms with Crippen molar-refractivity contribution in [3.63, 3.8) is 0 Å². The van der Waals surface area contributed by atoms with Gasteiger partial charge in [0.05, 0.1) is 39.9 Å². The summed E-state index contributed by atoms with van der Waals surface area (Å²) in [6.45, 7) is 4.65. The van der Waals surface area contributed by atoms with Gasteiger partial charge in [-0.3, -0.25) is 9.36 Å². The van der Waals surface area contributed by atoms with Crippen LogP contribution in [-0.2, 0) is 18.4 Å². The number of carbonyl (C=O) groups is 1. The summed E-state index contributed by atoms with van der Waals surface area (Å²) < 4.78 is 23.2. The molecule has 0 aromatic heterocycles. The maximum absolute atomic E-state index is 12.9. The van der Waals surface area contributed by atoms with Crippen LogP contribution in [0.2, 0.25) is 0 Å². The number of phosphoric acid groups is 1. The van der Waals surface area contributed by atoms with Crippen molar-refractivity contribution in [3.8, 4) is 0 Å². The van der Waals surface area contributed by atoms with E-state index in [1.165, 1.54) is 180 Å². The number of rotatable bonds is 46. The number of nitrogens with zero attached hydrogens (tertiary/aromatic N) is 1. The number of aliphatic hydroxyl groups excluding tert-OH is 1. The predicted molar refractivity (Wildman–Crippen MR) is 252 cm³/mol. The number of likely N-dealkylation sites (N-methyl/N-ethyl adjacent to an activating group) is 1. The number of carbonyl (C=O) groups excluding carboxylic acids is 1. The van der Waals surface area contributed by atoms with Crippen molar-refractivity contribution in [1.82, 2.24) is 5.32 Å². The molecule has 0 aliphatic rings. The number of hydrogen-bond acceptors (Lipinski definition) is 6. The van der Waals surface area contributed by atoms with Gasteiger partial charge >= 0.3 is 0 Å². The molecule has 0 aromatic carbocycles. The van der Waals surface area contributed by atoms with Crippen LogP contribution in [0.3, 0.4) is 0 Å². The second-order valence-corrected chi connectivity index (χ2v) is 19.9. The van der Waals surface area contributed by atoms with Gasteiger partial charge in [0.2, 0.25) is 5.91 Å². The molecule has 8 nitrogen and oxygen atoms in total. The minimum Gasteiger partial charge on any atom is -0.756 e. The van der Waals surface area contributed by atoms with Gasteiger partial charge in [0.1, 0.15) is 13.2 Å². The Balaban J connectivity index is 4.35. The average Bonchev–Trinajstić information content (AvgIpc) is 3.19. The summed E-state index contributed by atoms with van der Waals surface area (Å²) in [5.74, 6) is -0.204. The van der Waals surface area contributed by atoms with Crippen LogP contribution >= 0.6 is 7.82 Å². The lowest BCUT2D eigenvalue weighted by Gasteiger charge is -2.29. The van der Waals surface area contributed by atoms with E-state index in [1.807, 2.05) is 27.2 Å². The first-order valence-corrected chi connectivity index (χ1v) is 26.7. The fraction of sp³-hybridized carbons (Fsp3) is 0.900. The normalized spacial score (nSPS) is 14.4. The molecule has 0 saturated heterocycles. The standard InChI is InChI=1S/C50H99N2O6P/c1-6-8-10-12-14-16-18-20-22-24-25-26-27-28-29-31-33-35-37-39-41-43-49(53)48(47-58-59(55,56)57-46-45-52(3,4)5)51-50(54)44-42-40-38-36-34-32-30-23-21-19-17-15-13-11-9-7-2/h33,35,41,43,48-49,53H,6-32,34,36-40,42,44-47H2,1-5H3,(H-,51,54,55,56)/b35-33+,43-41+. The number of allylic oxidation sites excluding steroid dienone is 3. The van der Waals surface area contributed by atoms with E-state index in [4.69, 9.17) is 9.05 Å². The maximum atomic E-state index is 12.9. The van der Waals surface area contributed by atoms with Gasteiger partial charge in [0.15, 0.2) is 0 Å².